The van der Waals surface area contributed by atoms with Gasteiger partial charge in [0.1, 0.15) is 11.5 Å². The van der Waals surface area contributed by atoms with Crippen LogP contribution in [0.25, 0.3) is 0 Å². The number of hydrogen-bond acceptors (Lipinski definition) is 4. The lowest BCUT2D eigenvalue weighted by molar-refractivity contribution is 0.0599. The van der Waals surface area contributed by atoms with E-state index in [1.807, 2.05) is 43.3 Å². The first-order valence-corrected chi connectivity index (χ1v) is 9.20. The number of hydrogen-bond donors (Lipinski definition) is 1. The lowest BCUT2D eigenvalue weighted by Gasteiger charge is -2.22. The number of rotatable bonds is 7. The molecule has 2 heterocycles. The summed E-state index contributed by atoms with van der Waals surface area (Å²) < 4.78 is 10.3. The molecule has 1 N–H and O–H groups in total. The number of ether oxygens (including phenoxy) is 1. The summed E-state index contributed by atoms with van der Waals surface area (Å²) in [7, 11) is 1.34. The number of aromatic nitrogens is 1. The lowest BCUT2D eigenvalue weighted by Crippen LogP contribution is -2.30. The number of nitrogens with zero attached hydrogens (tertiary/aromatic N) is 1. The van der Waals surface area contributed by atoms with Gasteiger partial charge in [-0.2, -0.15) is 0 Å². The summed E-state index contributed by atoms with van der Waals surface area (Å²) in [4.78, 5) is 30.4. The van der Waals surface area contributed by atoms with Crippen molar-refractivity contribution in [3.8, 4) is 0 Å². The summed E-state index contributed by atoms with van der Waals surface area (Å²) in [5.41, 5.74) is 3.15. The Balaban J connectivity index is 1.96. The van der Waals surface area contributed by atoms with Crippen molar-refractivity contribution >= 4 is 11.9 Å². The van der Waals surface area contributed by atoms with Crippen LogP contribution in [0.4, 0.5) is 0 Å². The highest BCUT2D eigenvalue weighted by Crippen LogP contribution is 2.23. The van der Waals surface area contributed by atoms with Crippen molar-refractivity contribution in [2.75, 3.05) is 7.11 Å². The largest absolute Gasteiger partial charge is 0.467 e. The number of aryl methyl sites for hydroxylation is 1. The Morgan fingerprint density at radius 1 is 1.11 bits per heavy atom. The van der Waals surface area contributed by atoms with Crippen LogP contribution in [-0.4, -0.2) is 28.9 Å². The van der Waals surface area contributed by atoms with E-state index in [0.29, 0.717) is 47.8 Å². The molecule has 28 heavy (non-hydrogen) atoms. The number of carbonyl (C=O) groups excluding carboxylic acids is 2. The third-order valence-electron chi connectivity index (χ3n) is 4.71. The third-order valence-corrected chi connectivity index (χ3v) is 4.71. The molecule has 0 fully saturated rings. The number of furan rings is 1. The normalized spacial score (nSPS) is 10.7. The molecule has 6 nitrogen and oxygen atoms in total. The SMILES string of the molecule is CCc1[nH]c(C(=O)N(Cc2ccccc2)Cc2ccco2)c(C)c1C(=O)OC. The first-order valence-electron chi connectivity index (χ1n) is 9.20. The van der Waals surface area contributed by atoms with Crippen molar-refractivity contribution in [3.05, 3.63) is 82.6 Å². The molecule has 0 aliphatic heterocycles. The summed E-state index contributed by atoms with van der Waals surface area (Å²) in [5.74, 6) is 0.0605. The molecule has 0 atom stereocenters. The predicted octanol–water partition coefficient (Wildman–Crippen LogP) is 4.11. The fourth-order valence-corrected chi connectivity index (χ4v) is 3.27. The van der Waals surface area contributed by atoms with Gasteiger partial charge in [-0.25, -0.2) is 4.79 Å². The van der Waals surface area contributed by atoms with Gasteiger partial charge in [-0.15, -0.1) is 0 Å². The zero-order valence-corrected chi connectivity index (χ0v) is 16.3. The maximum Gasteiger partial charge on any atom is 0.339 e. The Labute approximate surface area is 164 Å². The Hall–Kier alpha value is -3.28. The highest BCUT2D eigenvalue weighted by atomic mass is 16.5. The minimum atomic E-state index is -0.440. The van der Waals surface area contributed by atoms with Crippen molar-refractivity contribution in [2.45, 2.75) is 33.4 Å². The molecule has 1 aromatic carbocycles. The van der Waals surface area contributed by atoms with Gasteiger partial charge in [0.15, 0.2) is 0 Å². The fourth-order valence-electron chi connectivity index (χ4n) is 3.27. The van der Waals surface area contributed by atoms with E-state index in [9.17, 15) is 9.59 Å². The number of methoxy groups -OCH3 is 1. The average Bonchev–Trinajstić information content (AvgIpc) is 3.34. The molecule has 0 spiro atoms. The molecule has 0 radical (unpaired) electrons. The summed E-state index contributed by atoms with van der Waals surface area (Å²) in [5, 5.41) is 0. The van der Waals surface area contributed by atoms with Crippen LogP contribution in [0, 0.1) is 6.92 Å². The molecule has 3 aromatic rings. The quantitative estimate of drug-likeness (QED) is 0.626. The van der Waals surface area contributed by atoms with Crippen LogP contribution in [-0.2, 0) is 24.2 Å². The van der Waals surface area contributed by atoms with Crippen LogP contribution in [0.2, 0.25) is 0 Å². The first kappa shape index (κ1) is 19.5. The number of nitrogens with one attached hydrogen (secondary N) is 1. The molecule has 0 saturated carbocycles. The van der Waals surface area contributed by atoms with E-state index in [4.69, 9.17) is 9.15 Å². The Bertz CT molecular complexity index is 943. The monoisotopic (exact) mass is 380 g/mol. The number of benzene rings is 1. The van der Waals surface area contributed by atoms with Gasteiger partial charge >= 0.3 is 5.97 Å². The molecule has 0 aliphatic carbocycles. The molecule has 0 bridgehead atoms. The fraction of sp³-hybridized carbons (Fsp3) is 0.273. The van der Waals surface area contributed by atoms with Crippen molar-refractivity contribution in [1.82, 2.24) is 9.88 Å². The molecule has 1 amide bonds. The van der Waals surface area contributed by atoms with E-state index >= 15 is 0 Å². The highest BCUT2D eigenvalue weighted by molar-refractivity contribution is 6.00. The number of H-pyrrole nitrogens is 1. The van der Waals surface area contributed by atoms with E-state index < -0.39 is 5.97 Å². The second-order valence-electron chi connectivity index (χ2n) is 6.55. The topological polar surface area (TPSA) is 75.5 Å². The average molecular weight is 380 g/mol. The molecule has 0 aliphatic rings. The van der Waals surface area contributed by atoms with Crippen molar-refractivity contribution < 1.29 is 18.7 Å². The Kier molecular flexibility index (Phi) is 5.99. The maximum absolute atomic E-state index is 13.4. The van der Waals surface area contributed by atoms with E-state index in [0.717, 1.165) is 5.56 Å². The van der Waals surface area contributed by atoms with Gasteiger partial charge in [0, 0.05) is 12.2 Å². The summed E-state index contributed by atoms with van der Waals surface area (Å²) >= 11 is 0. The van der Waals surface area contributed by atoms with E-state index in [1.165, 1.54) is 7.11 Å². The zero-order valence-electron chi connectivity index (χ0n) is 16.3. The van der Waals surface area contributed by atoms with Crippen LogP contribution < -0.4 is 0 Å². The first-order chi connectivity index (χ1) is 13.5. The molecule has 6 heteroatoms. The Morgan fingerprint density at radius 3 is 2.46 bits per heavy atom. The van der Waals surface area contributed by atoms with Gasteiger partial charge in [0.2, 0.25) is 0 Å². The molecular formula is C22H24N2O4. The molecule has 146 valence electrons. The second kappa shape index (κ2) is 8.61. The van der Waals surface area contributed by atoms with E-state index in [-0.39, 0.29) is 5.91 Å². The van der Waals surface area contributed by atoms with E-state index in [2.05, 4.69) is 4.98 Å². The zero-order chi connectivity index (χ0) is 20.1. The summed E-state index contributed by atoms with van der Waals surface area (Å²) in [6, 6.07) is 13.4. The van der Waals surface area contributed by atoms with Gasteiger partial charge < -0.3 is 19.0 Å². The highest BCUT2D eigenvalue weighted by Gasteiger charge is 2.27. The molecule has 3 rings (SSSR count). The van der Waals surface area contributed by atoms with Crippen LogP contribution in [0.15, 0.2) is 53.1 Å². The summed E-state index contributed by atoms with van der Waals surface area (Å²) in [6.07, 6.45) is 2.18. The van der Waals surface area contributed by atoms with Crippen LogP contribution in [0.1, 0.15) is 50.4 Å². The van der Waals surface area contributed by atoms with Gasteiger partial charge in [-0.1, -0.05) is 37.3 Å². The Morgan fingerprint density at radius 2 is 1.86 bits per heavy atom. The van der Waals surface area contributed by atoms with Crippen LogP contribution >= 0.6 is 0 Å². The predicted molar refractivity (Wildman–Crippen MR) is 105 cm³/mol. The lowest BCUT2D eigenvalue weighted by atomic mass is 10.1. The third kappa shape index (κ3) is 4.01. The molecule has 0 saturated heterocycles. The minimum absolute atomic E-state index is 0.192. The standard InChI is InChI=1S/C22H24N2O4/c1-4-18-19(22(26)27-3)15(2)20(23-18)21(25)24(14-17-11-8-12-28-17)13-16-9-6-5-7-10-16/h5-12,23H,4,13-14H2,1-3H3. The number of carbonyl (C=O) groups is 2. The number of esters is 1. The minimum Gasteiger partial charge on any atom is -0.467 e. The van der Waals surface area contributed by atoms with Gasteiger partial charge in [0.25, 0.3) is 5.91 Å². The van der Waals surface area contributed by atoms with Crippen LogP contribution in [0.3, 0.4) is 0 Å². The van der Waals surface area contributed by atoms with Crippen molar-refractivity contribution in [1.29, 1.82) is 0 Å². The number of amides is 1. The molecule has 2 aromatic heterocycles. The molecular weight excluding hydrogens is 356 g/mol. The van der Waals surface area contributed by atoms with Crippen molar-refractivity contribution in [3.63, 3.8) is 0 Å². The van der Waals surface area contributed by atoms with Crippen LogP contribution in [0.5, 0.6) is 0 Å². The van der Waals surface area contributed by atoms with Crippen molar-refractivity contribution in [2.24, 2.45) is 0 Å². The molecule has 0 unspecified atom stereocenters. The van der Waals surface area contributed by atoms with Gasteiger partial charge in [0.05, 0.1) is 25.5 Å². The van der Waals surface area contributed by atoms with E-state index in [1.54, 1.807) is 24.2 Å². The van der Waals surface area contributed by atoms with Gasteiger partial charge in [-0.3, -0.25) is 4.79 Å². The number of aromatic amines is 1. The second-order valence-corrected chi connectivity index (χ2v) is 6.55. The maximum atomic E-state index is 13.4. The smallest absolute Gasteiger partial charge is 0.339 e. The van der Waals surface area contributed by atoms with Gasteiger partial charge in [-0.05, 0) is 36.6 Å². The summed E-state index contributed by atoms with van der Waals surface area (Å²) in [6.45, 7) is 4.45.